The maximum atomic E-state index is 13.2. The van der Waals surface area contributed by atoms with E-state index in [4.69, 9.17) is 4.52 Å². The molecule has 0 atom stereocenters. The molecule has 0 saturated heterocycles. The molecule has 7 heteroatoms. The fraction of sp³-hybridized carbons (Fsp3) is 0.118. The first kappa shape index (κ1) is 15.8. The van der Waals surface area contributed by atoms with E-state index in [2.05, 4.69) is 15.5 Å². The van der Waals surface area contributed by atoms with E-state index in [0.29, 0.717) is 11.3 Å². The molecule has 3 rings (SSSR count). The molecule has 24 heavy (non-hydrogen) atoms. The summed E-state index contributed by atoms with van der Waals surface area (Å²) in [6, 6.07) is 11.3. The molecule has 1 aromatic heterocycles. The van der Waals surface area contributed by atoms with Gasteiger partial charge in [0.15, 0.2) is 0 Å². The van der Waals surface area contributed by atoms with Crippen molar-refractivity contribution in [2.75, 3.05) is 5.32 Å². The Bertz CT molecular complexity index is 847. The maximum absolute atomic E-state index is 13.2. The first-order chi connectivity index (χ1) is 11.6. The van der Waals surface area contributed by atoms with Crippen molar-refractivity contribution in [2.45, 2.75) is 12.8 Å². The van der Waals surface area contributed by atoms with Gasteiger partial charge in [0.05, 0.1) is 0 Å². The Morgan fingerprint density at radius 3 is 2.62 bits per heavy atom. The van der Waals surface area contributed by atoms with E-state index in [9.17, 15) is 13.6 Å². The lowest BCUT2D eigenvalue weighted by Crippen LogP contribution is -2.12. The molecule has 0 fully saturated rings. The number of anilines is 1. The summed E-state index contributed by atoms with van der Waals surface area (Å²) in [5.74, 6) is -0.472. The lowest BCUT2D eigenvalue weighted by molar-refractivity contribution is -0.116. The van der Waals surface area contributed by atoms with Gasteiger partial charge in [-0.2, -0.15) is 4.98 Å². The molecule has 0 unspecified atom stereocenters. The van der Waals surface area contributed by atoms with Gasteiger partial charge in [-0.3, -0.25) is 4.79 Å². The number of aromatic nitrogens is 2. The van der Waals surface area contributed by atoms with Crippen LogP contribution in [-0.2, 0) is 11.2 Å². The molecule has 0 aliphatic heterocycles. The smallest absolute Gasteiger partial charge is 0.227 e. The number of hydrogen-bond donors (Lipinski definition) is 1. The maximum Gasteiger partial charge on any atom is 0.227 e. The van der Waals surface area contributed by atoms with Crippen molar-refractivity contribution >= 4 is 11.6 Å². The van der Waals surface area contributed by atoms with Gasteiger partial charge >= 0.3 is 0 Å². The van der Waals surface area contributed by atoms with Crippen LogP contribution < -0.4 is 5.32 Å². The Morgan fingerprint density at radius 1 is 1.08 bits per heavy atom. The predicted molar refractivity (Wildman–Crippen MR) is 83.0 cm³/mol. The third-order valence-electron chi connectivity index (χ3n) is 3.24. The molecule has 0 spiro atoms. The van der Waals surface area contributed by atoms with E-state index in [1.165, 1.54) is 36.4 Å². The summed E-state index contributed by atoms with van der Waals surface area (Å²) in [4.78, 5) is 16.0. The van der Waals surface area contributed by atoms with Crippen LogP contribution in [0, 0.1) is 11.6 Å². The fourth-order valence-electron chi connectivity index (χ4n) is 2.08. The Balaban J connectivity index is 1.57. The average Bonchev–Trinajstić information content (AvgIpc) is 3.04. The Morgan fingerprint density at radius 2 is 1.88 bits per heavy atom. The summed E-state index contributed by atoms with van der Waals surface area (Å²) >= 11 is 0. The standard InChI is InChI=1S/C17H13F2N3O2/c18-12-4-6-14(7-5-12)20-15(23)8-9-16-21-17(22-24-16)11-2-1-3-13(19)10-11/h1-7,10H,8-9H2,(H,20,23). The molecule has 2 aromatic carbocycles. The van der Waals surface area contributed by atoms with Crippen LogP contribution in [0.15, 0.2) is 53.1 Å². The van der Waals surface area contributed by atoms with Crippen LogP contribution in [0.1, 0.15) is 12.3 Å². The van der Waals surface area contributed by atoms with Gasteiger partial charge < -0.3 is 9.84 Å². The second-order valence-electron chi connectivity index (χ2n) is 5.08. The van der Waals surface area contributed by atoms with Crippen molar-refractivity contribution in [3.8, 4) is 11.4 Å². The van der Waals surface area contributed by atoms with Gasteiger partial charge in [-0.15, -0.1) is 0 Å². The van der Waals surface area contributed by atoms with Crippen LogP contribution in [0.2, 0.25) is 0 Å². The van der Waals surface area contributed by atoms with Gasteiger partial charge in [-0.05, 0) is 36.4 Å². The minimum atomic E-state index is -0.391. The Kier molecular flexibility index (Phi) is 4.60. The van der Waals surface area contributed by atoms with Gasteiger partial charge in [0.1, 0.15) is 11.6 Å². The summed E-state index contributed by atoms with van der Waals surface area (Å²) in [6.45, 7) is 0. The van der Waals surface area contributed by atoms with Crippen molar-refractivity contribution < 1.29 is 18.1 Å². The van der Waals surface area contributed by atoms with E-state index < -0.39 is 5.82 Å². The second kappa shape index (κ2) is 6.99. The number of benzene rings is 2. The van der Waals surface area contributed by atoms with Crippen molar-refractivity contribution in [3.63, 3.8) is 0 Å². The summed E-state index contributed by atoms with van der Waals surface area (Å²) in [6.07, 6.45) is 0.373. The third kappa shape index (κ3) is 4.01. The van der Waals surface area contributed by atoms with Crippen LogP contribution >= 0.6 is 0 Å². The normalized spacial score (nSPS) is 10.6. The Labute approximate surface area is 136 Å². The lowest BCUT2D eigenvalue weighted by atomic mass is 10.2. The number of halogens is 2. The third-order valence-corrected chi connectivity index (χ3v) is 3.24. The lowest BCUT2D eigenvalue weighted by Gasteiger charge is -2.03. The van der Waals surface area contributed by atoms with E-state index in [0.717, 1.165) is 0 Å². The van der Waals surface area contributed by atoms with Gasteiger partial charge in [-0.25, -0.2) is 8.78 Å². The van der Waals surface area contributed by atoms with Crippen molar-refractivity contribution in [2.24, 2.45) is 0 Å². The number of aryl methyl sites for hydroxylation is 1. The molecule has 0 aliphatic rings. The monoisotopic (exact) mass is 329 g/mol. The summed E-state index contributed by atoms with van der Waals surface area (Å²) in [5.41, 5.74) is 1.01. The average molecular weight is 329 g/mol. The molecule has 0 bridgehead atoms. The molecule has 122 valence electrons. The molecule has 0 aliphatic carbocycles. The van der Waals surface area contributed by atoms with E-state index in [1.54, 1.807) is 12.1 Å². The molecule has 1 N–H and O–H groups in total. The molecular weight excluding hydrogens is 316 g/mol. The van der Waals surface area contributed by atoms with E-state index in [-0.39, 0.29) is 36.3 Å². The molecule has 0 radical (unpaired) electrons. The number of nitrogens with one attached hydrogen (secondary N) is 1. The molecule has 3 aromatic rings. The van der Waals surface area contributed by atoms with E-state index >= 15 is 0 Å². The van der Waals surface area contributed by atoms with Crippen molar-refractivity contribution in [3.05, 3.63) is 66.1 Å². The molecular formula is C17H13F2N3O2. The topological polar surface area (TPSA) is 68.0 Å². The second-order valence-corrected chi connectivity index (χ2v) is 5.08. The minimum absolute atomic E-state index is 0.127. The van der Waals surface area contributed by atoms with Crippen LogP contribution in [0.4, 0.5) is 14.5 Å². The van der Waals surface area contributed by atoms with Crippen molar-refractivity contribution in [1.29, 1.82) is 0 Å². The number of rotatable bonds is 5. The highest BCUT2D eigenvalue weighted by Crippen LogP contribution is 2.17. The number of carbonyl (C=O) groups excluding carboxylic acids is 1. The first-order valence-electron chi connectivity index (χ1n) is 7.24. The van der Waals surface area contributed by atoms with Crippen LogP contribution in [-0.4, -0.2) is 16.0 Å². The largest absolute Gasteiger partial charge is 0.339 e. The van der Waals surface area contributed by atoms with Gasteiger partial charge in [0.2, 0.25) is 17.6 Å². The molecule has 0 saturated carbocycles. The summed E-state index contributed by atoms with van der Waals surface area (Å²) < 4.78 is 31.0. The van der Waals surface area contributed by atoms with Crippen molar-refractivity contribution in [1.82, 2.24) is 10.1 Å². The SMILES string of the molecule is O=C(CCc1nc(-c2cccc(F)c2)no1)Nc1ccc(F)cc1. The zero-order chi connectivity index (χ0) is 16.9. The summed E-state index contributed by atoms with van der Waals surface area (Å²) in [5, 5.41) is 6.41. The number of hydrogen-bond acceptors (Lipinski definition) is 4. The van der Waals surface area contributed by atoms with Gasteiger partial charge in [-0.1, -0.05) is 17.3 Å². The van der Waals surface area contributed by atoms with Crippen LogP contribution in [0.5, 0.6) is 0 Å². The highest BCUT2D eigenvalue weighted by molar-refractivity contribution is 5.90. The number of carbonyl (C=O) groups is 1. The number of amides is 1. The molecule has 5 nitrogen and oxygen atoms in total. The highest BCUT2D eigenvalue weighted by Gasteiger charge is 2.11. The molecule has 1 heterocycles. The highest BCUT2D eigenvalue weighted by atomic mass is 19.1. The van der Waals surface area contributed by atoms with Crippen LogP contribution in [0.25, 0.3) is 11.4 Å². The quantitative estimate of drug-likeness (QED) is 0.777. The predicted octanol–water partition coefficient (Wildman–Crippen LogP) is 3.59. The first-order valence-corrected chi connectivity index (χ1v) is 7.24. The van der Waals surface area contributed by atoms with Gasteiger partial charge in [0, 0.05) is 24.1 Å². The number of nitrogens with zero attached hydrogens (tertiary/aromatic N) is 2. The minimum Gasteiger partial charge on any atom is -0.339 e. The van der Waals surface area contributed by atoms with E-state index in [1.807, 2.05) is 0 Å². The molecule has 1 amide bonds. The van der Waals surface area contributed by atoms with Gasteiger partial charge in [0.25, 0.3) is 0 Å². The fourth-order valence-corrected chi connectivity index (χ4v) is 2.08. The zero-order valence-corrected chi connectivity index (χ0v) is 12.5. The van der Waals surface area contributed by atoms with Crippen LogP contribution in [0.3, 0.4) is 0 Å². The summed E-state index contributed by atoms with van der Waals surface area (Å²) in [7, 11) is 0. The Hall–Kier alpha value is -3.09. The zero-order valence-electron chi connectivity index (χ0n) is 12.5.